The normalized spacial score (nSPS) is 17.9. The molecule has 2 aliphatic rings. The molecule has 8 heteroatoms. The first-order chi connectivity index (χ1) is 16.9. The summed E-state index contributed by atoms with van der Waals surface area (Å²) in [6, 6.07) is 18.2. The molecule has 0 bridgehead atoms. The summed E-state index contributed by atoms with van der Waals surface area (Å²) in [6.07, 6.45) is 0.113. The number of halogens is 1. The van der Waals surface area contributed by atoms with Gasteiger partial charge in [-0.05, 0) is 48.9 Å². The number of hydrogen-bond acceptors (Lipinski definition) is 6. The van der Waals surface area contributed by atoms with Crippen LogP contribution in [0.4, 0.5) is 0 Å². The Bertz CT molecular complexity index is 1610. The van der Waals surface area contributed by atoms with E-state index < -0.39 is 17.5 Å². The van der Waals surface area contributed by atoms with Crippen LogP contribution < -0.4 is 5.56 Å². The number of nitrogens with zero attached hydrogens (tertiary/aromatic N) is 2. The molecule has 35 heavy (non-hydrogen) atoms. The number of rotatable bonds is 3. The molecule has 174 valence electrons. The number of carbonyl (C=O) groups is 2. The van der Waals surface area contributed by atoms with E-state index in [2.05, 4.69) is 15.9 Å². The van der Waals surface area contributed by atoms with Gasteiger partial charge in [-0.15, -0.1) is 0 Å². The van der Waals surface area contributed by atoms with E-state index in [1.54, 1.807) is 41.8 Å². The van der Waals surface area contributed by atoms with Crippen molar-refractivity contribution >= 4 is 38.8 Å². The average Bonchev–Trinajstić information content (AvgIpc) is 3.22. The molecular formula is C27H19BrN2O5. The van der Waals surface area contributed by atoms with Gasteiger partial charge in [0, 0.05) is 21.0 Å². The average molecular weight is 531 g/mol. The maximum Gasteiger partial charge on any atom is 0.355 e. The van der Waals surface area contributed by atoms with Gasteiger partial charge in [-0.25, -0.2) is 14.6 Å². The SMILES string of the molecule is CC[C@@]1(OC(=O)c2ccc(Br)cc2)C(=O)OCc2c1cc1n(c2=O)Cc2cc3ccccc3nc2-1. The summed E-state index contributed by atoms with van der Waals surface area (Å²) in [6.45, 7) is 1.94. The second kappa shape index (κ2) is 7.88. The zero-order chi connectivity index (χ0) is 24.3. The van der Waals surface area contributed by atoms with Gasteiger partial charge in [0.1, 0.15) is 6.61 Å². The number of esters is 2. The maximum atomic E-state index is 13.6. The molecule has 0 unspecified atom stereocenters. The molecule has 2 aromatic carbocycles. The first-order valence-electron chi connectivity index (χ1n) is 11.2. The largest absolute Gasteiger partial charge is 0.457 e. The van der Waals surface area contributed by atoms with E-state index in [1.807, 2.05) is 30.3 Å². The molecule has 1 atom stereocenters. The summed E-state index contributed by atoms with van der Waals surface area (Å²) in [5.41, 5.74) is 1.98. The van der Waals surface area contributed by atoms with Crippen molar-refractivity contribution < 1.29 is 19.1 Å². The molecular weight excluding hydrogens is 512 g/mol. The smallest absolute Gasteiger partial charge is 0.355 e. The molecule has 0 amide bonds. The second-order valence-corrected chi connectivity index (χ2v) is 9.57. The monoisotopic (exact) mass is 530 g/mol. The molecule has 4 aromatic rings. The van der Waals surface area contributed by atoms with Crippen LogP contribution in [0.3, 0.4) is 0 Å². The quantitative estimate of drug-likeness (QED) is 0.314. The summed E-state index contributed by atoms with van der Waals surface area (Å²) >= 11 is 3.34. The zero-order valence-corrected chi connectivity index (χ0v) is 20.3. The Labute approximate surface area is 208 Å². The molecule has 0 saturated heterocycles. The Balaban J connectivity index is 1.52. The van der Waals surface area contributed by atoms with Gasteiger partial charge in [0.15, 0.2) is 0 Å². The lowest BCUT2D eigenvalue weighted by molar-refractivity contribution is -0.173. The fourth-order valence-corrected chi connectivity index (χ4v) is 5.15. The van der Waals surface area contributed by atoms with Crippen molar-refractivity contribution in [1.29, 1.82) is 0 Å². The first-order valence-corrected chi connectivity index (χ1v) is 12.0. The molecule has 0 radical (unpaired) electrons. The Morgan fingerprint density at radius 1 is 1.14 bits per heavy atom. The molecule has 0 N–H and O–H groups in total. The topological polar surface area (TPSA) is 87.5 Å². The standard InChI is InChI=1S/C27H19BrN2O5/c1-2-27(35-25(32)15-7-9-18(28)10-8-15)20-12-22-23-17(11-16-5-3-4-6-21(16)29-23)13-30(22)24(31)19(20)14-34-26(27)33/h3-12H,2,13-14H2,1H3/t27-/m0/s1. The van der Waals surface area contributed by atoms with Crippen LogP contribution in [0.2, 0.25) is 0 Å². The molecule has 2 aliphatic heterocycles. The third-order valence-corrected chi connectivity index (χ3v) is 7.26. The maximum absolute atomic E-state index is 13.6. The Morgan fingerprint density at radius 2 is 1.91 bits per heavy atom. The van der Waals surface area contributed by atoms with Gasteiger partial charge in [0.05, 0.1) is 34.6 Å². The van der Waals surface area contributed by atoms with Gasteiger partial charge in [-0.1, -0.05) is 41.1 Å². The number of fused-ring (bicyclic) bond motifs is 5. The lowest BCUT2D eigenvalue weighted by Gasteiger charge is -2.35. The van der Waals surface area contributed by atoms with Crippen molar-refractivity contribution in [2.75, 3.05) is 0 Å². The lowest BCUT2D eigenvalue weighted by atomic mass is 9.85. The Hall–Kier alpha value is -3.78. The van der Waals surface area contributed by atoms with E-state index >= 15 is 0 Å². The van der Waals surface area contributed by atoms with Crippen LogP contribution in [0.15, 0.2) is 69.9 Å². The molecule has 0 saturated carbocycles. The minimum Gasteiger partial charge on any atom is -0.457 e. The van der Waals surface area contributed by atoms with Crippen LogP contribution in [0, 0.1) is 0 Å². The number of cyclic esters (lactones) is 1. The van der Waals surface area contributed by atoms with E-state index in [4.69, 9.17) is 14.5 Å². The molecule has 0 aliphatic carbocycles. The number of carbonyl (C=O) groups excluding carboxylic acids is 2. The van der Waals surface area contributed by atoms with Crippen molar-refractivity contribution in [2.45, 2.75) is 32.1 Å². The number of ether oxygens (including phenoxy) is 2. The van der Waals surface area contributed by atoms with Crippen LogP contribution in [0.25, 0.3) is 22.3 Å². The number of pyridine rings is 2. The highest BCUT2D eigenvalue weighted by atomic mass is 79.9. The number of hydrogen-bond donors (Lipinski definition) is 0. The highest BCUT2D eigenvalue weighted by Gasteiger charge is 2.50. The predicted octanol–water partition coefficient (Wildman–Crippen LogP) is 4.71. The van der Waals surface area contributed by atoms with Crippen molar-refractivity contribution in [3.63, 3.8) is 0 Å². The number of aromatic nitrogens is 2. The van der Waals surface area contributed by atoms with Crippen LogP contribution in [-0.2, 0) is 33.0 Å². The van der Waals surface area contributed by atoms with Crippen molar-refractivity contribution in [1.82, 2.24) is 9.55 Å². The minimum atomic E-state index is -1.73. The van der Waals surface area contributed by atoms with Crippen molar-refractivity contribution in [3.8, 4) is 11.4 Å². The number of benzene rings is 2. The third-order valence-electron chi connectivity index (χ3n) is 6.73. The van der Waals surface area contributed by atoms with E-state index in [-0.39, 0.29) is 24.2 Å². The lowest BCUT2D eigenvalue weighted by Crippen LogP contribution is -2.47. The molecule has 6 rings (SSSR count). The van der Waals surface area contributed by atoms with Crippen LogP contribution in [0.5, 0.6) is 0 Å². The van der Waals surface area contributed by atoms with Gasteiger partial charge >= 0.3 is 11.9 Å². The van der Waals surface area contributed by atoms with Crippen LogP contribution >= 0.6 is 15.9 Å². The number of para-hydroxylation sites is 1. The summed E-state index contributed by atoms with van der Waals surface area (Å²) in [7, 11) is 0. The fraction of sp³-hybridized carbons (Fsp3) is 0.185. The summed E-state index contributed by atoms with van der Waals surface area (Å²) in [5.74, 6) is -1.36. The van der Waals surface area contributed by atoms with Crippen LogP contribution in [0.1, 0.15) is 40.4 Å². The summed E-state index contributed by atoms with van der Waals surface area (Å²) in [5, 5.41) is 0.988. The fourth-order valence-electron chi connectivity index (χ4n) is 4.89. The van der Waals surface area contributed by atoms with Crippen LogP contribution in [-0.4, -0.2) is 21.5 Å². The molecule has 7 nitrogen and oxygen atoms in total. The van der Waals surface area contributed by atoms with E-state index in [0.29, 0.717) is 29.1 Å². The predicted molar refractivity (Wildman–Crippen MR) is 132 cm³/mol. The second-order valence-electron chi connectivity index (χ2n) is 8.66. The first kappa shape index (κ1) is 21.7. The van der Waals surface area contributed by atoms with Gasteiger partial charge < -0.3 is 14.0 Å². The molecule has 4 heterocycles. The van der Waals surface area contributed by atoms with Gasteiger partial charge in [0.2, 0.25) is 5.60 Å². The third kappa shape index (κ3) is 3.24. The zero-order valence-electron chi connectivity index (χ0n) is 18.7. The molecule has 0 fully saturated rings. The van der Waals surface area contributed by atoms with Gasteiger partial charge in [-0.3, -0.25) is 4.79 Å². The molecule has 0 spiro atoms. The van der Waals surface area contributed by atoms with Gasteiger partial charge in [0.25, 0.3) is 5.56 Å². The highest BCUT2D eigenvalue weighted by Crippen LogP contribution is 2.41. The van der Waals surface area contributed by atoms with E-state index in [0.717, 1.165) is 20.9 Å². The summed E-state index contributed by atoms with van der Waals surface area (Å²) < 4.78 is 13.7. The Kier molecular flexibility index (Phi) is 4.89. The van der Waals surface area contributed by atoms with Crippen molar-refractivity contribution in [3.05, 3.63) is 97.7 Å². The minimum absolute atomic E-state index is 0.113. The van der Waals surface area contributed by atoms with E-state index in [1.165, 1.54) is 0 Å². The van der Waals surface area contributed by atoms with Gasteiger partial charge in [-0.2, -0.15) is 0 Å². The van der Waals surface area contributed by atoms with E-state index in [9.17, 15) is 14.4 Å². The Morgan fingerprint density at radius 3 is 2.69 bits per heavy atom. The highest BCUT2D eigenvalue weighted by molar-refractivity contribution is 9.10. The summed E-state index contributed by atoms with van der Waals surface area (Å²) in [4.78, 5) is 44.6. The molecule has 2 aromatic heterocycles. The van der Waals surface area contributed by atoms with Crippen molar-refractivity contribution in [2.24, 2.45) is 0 Å².